The molecule has 0 unspecified atom stereocenters. The second-order valence-electron chi connectivity index (χ2n) is 5.66. The van der Waals surface area contributed by atoms with Crippen molar-refractivity contribution in [3.8, 4) is 0 Å². The fraction of sp³-hybridized carbons (Fsp3) is 0.800. The van der Waals surface area contributed by atoms with Gasteiger partial charge >= 0.3 is 0 Å². The Hall–Kier alpha value is -0.420. The summed E-state index contributed by atoms with van der Waals surface area (Å²) in [6, 6.07) is 0. The zero-order valence-electron chi connectivity index (χ0n) is 9.97. The lowest BCUT2D eigenvalue weighted by Crippen LogP contribution is -2.35. The van der Waals surface area contributed by atoms with Gasteiger partial charge in [-0.05, 0) is 37.9 Å². The molecule has 0 atom stereocenters. The monoisotopic (exact) mass is 245 g/mol. The van der Waals surface area contributed by atoms with Gasteiger partial charge in [0.15, 0.2) is 3.95 Å². The van der Waals surface area contributed by atoms with E-state index >= 15 is 0 Å². The van der Waals surface area contributed by atoms with Crippen molar-refractivity contribution in [2.24, 2.45) is 5.41 Å². The van der Waals surface area contributed by atoms with Crippen LogP contribution in [-0.2, 0) is 0 Å². The van der Waals surface area contributed by atoms with E-state index in [1.807, 2.05) is 0 Å². The number of rotatable bonds is 3. The predicted octanol–water partition coefficient (Wildman–Crippen LogP) is 3.83. The summed E-state index contributed by atoms with van der Waals surface area (Å²) in [5, 5.41) is 11.2. The molecule has 1 heterocycles. The molecule has 1 rings (SSSR count). The first-order chi connectivity index (χ1) is 6.68. The maximum absolute atomic E-state index is 4.99. The van der Waals surface area contributed by atoms with Gasteiger partial charge in [0.05, 0.1) is 0 Å². The van der Waals surface area contributed by atoms with Crippen LogP contribution in [0.1, 0.15) is 41.0 Å². The Morgan fingerprint density at radius 2 is 1.93 bits per heavy atom. The van der Waals surface area contributed by atoms with Crippen LogP contribution >= 0.6 is 23.6 Å². The molecule has 0 bridgehead atoms. The van der Waals surface area contributed by atoms with E-state index in [0.29, 0.717) is 9.37 Å². The molecular formula is C10H19N3S2. The Balaban J connectivity index is 2.68. The average molecular weight is 245 g/mol. The van der Waals surface area contributed by atoms with Crippen LogP contribution in [0.15, 0.2) is 0 Å². The minimum absolute atomic E-state index is 0.0334. The van der Waals surface area contributed by atoms with Crippen LogP contribution in [0.5, 0.6) is 0 Å². The standard InChI is InChI=1S/C10H19N3S2/c1-9(2,3)6-10(4,5)11-7-12-13-8(14)15-7/h6H2,1-5H3,(H,11,12)(H,13,14). The van der Waals surface area contributed by atoms with E-state index in [4.69, 9.17) is 12.2 Å². The third-order valence-electron chi connectivity index (χ3n) is 1.86. The quantitative estimate of drug-likeness (QED) is 0.795. The number of aromatic nitrogens is 2. The van der Waals surface area contributed by atoms with E-state index in [0.717, 1.165) is 11.6 Å². The highest BCUT2D eigenvalue weighted by atomic mass is 32.1. The van der Waals surface area contributed by atoms with Crippen LogP contribution in [0.2, 0.25) is 0 Å². The second kappa shape index (κ2) is 4.22. The fourth-order valence-corrected chi connectivity index (χ4v) is 2.91. The van der Waals surface area contributed by atoms with E-state index in [-0.39, 0.29) is 5.54 Å². The van der Waals surface area contributed by atoms with Gasteiger partial charge in [-0.25, -0.2) is 0 Å². The van der Waals surface area contributed by atoms with Crippen LogP contribution in [0.4, 0.5) is 5.13 Å². The van der Waals surface area contributed by atoms with Crippen molar-refractivity contribution in [1.82, 2.24) is 10.2 Å². The summed E-state index contributed by atoms with van der Waals surface area (Å²) in [6.07, 6.45) is 1.08. The minimum Gasteiger partial charge on any atom is -0.355 e. The molecule has 0 saturated heterocycles. The molecule has 0 spiro atoms. The summed E-state index contributed by atoms with van der Waals surface area (Å²) in [7, 11) is 0. The van der Waals surface area contributed by atoms with Crippen LogP contribution in [-0.4, -0.2) is 15.7 Å². The molecule has 0 amide bonds. The summed E-state index contributed by atoms with van der Waals surface area (Å²) in [4.78, 5) is 0. The van der Waals surface area contributed by atoms with Crippen LogP contribution in [0.3, 0.4) is 0 Å². The highest BCUT2D eigenvalue weighted by Gasteiger charge is 2.25. The number of hydrogen-bond donors (Lipinski definition) is 2. The van der Waals surface area contributed by atoms with Gasteiger partial charge in [0.2, 0.25) is 5.13 Å². The molecule has 0 aliphatic heterocycles. The third kappa shape index (κ3) is 4.75. The van der Waals surface area contributed by atoms with E-state index in [2.05, 4.69) is 50.1 Å². The van der Waals surface area contributed by atoms with E-state index in [9.17, 15) is 0 Å². The largest absolute Gasteiger partial charge is 0.355 e. The average Bonchev–Trinajstić information content (AvgIpc) is 2.27. The highest BCUT2D eigenvalue weighted by Crippen LogP contribution is 2.29. The molecule has 0 aliphatic carbocycles. The molecule has 15 heavy (non-hydrogen) atoms. The summed E-state index contributed by atoms with van der Waals surface area (Å²) < 4.78 is 0.712. The van der Waals surface area contributed by atoms with Crippen molar-refractivity contribution in [2.45, 2.75) is 46.6 Å². The number of aromatic amines is 1. The fourth-order valence-electron chi connectivity index (χ4n) is 1.94. The third-order valence-corrected chi connectivity index (χ3v) is 2.86. The van der Waals surface area contributed by atoms with E-state index < -0.39 is 0 Å². The van der Waals surface area contributed by atoms with Gasteiger partial charge in [-0.1, -0.05) is 32.1 Å². The molecule has 0 fully saturated rings. The molecule has 0 saturated carbocycles. The summed E-state index contributed by atoms with van der Waals surface area (Å²) >= 11 is 6.47. The predicted molar refractivity (Wildman–Crippen MR) is 69.1 cm³/mol. The Bertz CT molecular complexity index is 371. The summed E-state index contributed by atoms with van der Waals surface area (Å²) in [5.74, 6) is 0. The zero-order valence-corrected chi connectivity index (χ0v) is 11.6. The van der Waals surface area contributed by atoms with Gasteiger partial charge in [-0.15, -0.1) is 5.10 Å². The molecule has 3 nitrogen and oxygen atoms in total. The molecular weight excluding hydrogens is 226 g/mol. The molecule has 0 radical (unpaired) electrons. The van der Waals surface area contributed by atoms with Crippen molar-refractivity contribution < 1.29 is 0 Å². The van der Waals surface area contributed by atoms with Gasteiger partial charge in [-0.3, -0.25) is 5.10 Å². The smallest absolute Gasteiger partial charge is 0.204 e. The zero-order chi connectivity index (χ0) is 11.7. The molecule has 2 N–H and O–H groups in total. The first kappa shape index (κ1) is 12.6. The first-order valence-electron chi connectivity index (χ1n) is 5.02. The molecule has 5 heteroatoms. The van der Waals surface area contributed by atoms with Crippen molar-refractivity contribution in [3.05, 3.63) is 3.95 Å². The second-order valence-corrected chi connectivity index (χ2v) is 7.33. The molecule has 1 aromatic rings. The Kier molecular flexibility index (Phi) is 3.55. The summed E-state index contributed by atoms with van der Waals surface area (Å²) in [6.45, 7) is 11.1. The van der Waals surface area contributed by atoms with Crippen molar-refractivity contribution in [3.63, 3.8) is 0 Å². The number of hydrogen-bond acceptors (Lipinski definition) is 4. The highest BCUT2D eigenvalue weighted by molar-refractivity contribution is 7.73. The molecule has 0 aliphatic rings. The van der Waals surface area contributed by atoms with E-state index in [1.165, 1.54) is 11.3 Å². The topological polar surface area (TPSA) is 40.7 Å². The van der Waals surface area contributed by atoms with E-state index in [1.54, 1.807) is 0 Å². The van der Waals surface area contributed by atoms with Crippen LogP contribution in [0.25, 0.3) is 0 Å². The van der Waals surface area contributed by atoms with Gasteiger partial charge in [0.25, 0.3) is 0 Å². The summed E-state index contributed by atoms with van der Waals surface area (Å²) in [5.41, 5.74) is 0.333. The normalized spacial score (nSPS) is 12.9. The number of nitrogens with zero attached hydrogens (tertiary/aromatic N) is 1. The number of H-pyrrole nitrogens is 1. The molecule has 86 valence electrons. The Labute approximate surface area is 100 Å². The van der Waals surface area contributed by atoms with Crippen molar-refractivity contribution >= 4 is 28.7 Å². The Morgan fingerprint density at radius 3 is 2.33 bits per heavy atom. The lowest BCUT2D eigenvalue weighted by Gasteiger charge is -2.32. The van der Waals surface area contributed by atoms with Gasteiger partial charge < -0.3 is 5.32 Å². The van der Waals surface area contributed by atoms with Crippen LogP contribution < -0.4 is 5.32 Å². The lowest BCUT2D eigenvalue weighted by atomic mass is 9.82. The van der Waals surface area contributed by atoms with Gasteiger partial charge in [-0.2, -0.15) is 0 Å². The van der Waals surface area contributed by atoms with Crippen molar-refractivity contribution in [2.75, 3.05) is 5.32 Å². The molecule has 0 aromatic carbocycles. The van der Waals surface area contributed by atoms with Gasteiger partial charge in [0.1, 0.15) is 0 Å². The minimum atomic E-state index is 0.0334. The van der Waals surface area contributed by atoms with Gasteiger partial charge in [0, 0.05) is 5.54 Å². The number of nitrogens with one attached hydrogen (secondary N) is 2. The first-order valence-corrected chi connectivity index (χ1v) is 6.24. The number of anilines is 1. The molecule has 1 aromatic heterocycles. The van der Waals surface area contributed by atoms with Crippen LogP contribution in [0, 0.1) is 9.37 Å². The maximum Gasteiger partial charge on any atom is 0.204 e. The lowest BCUT2D eigenvalue weighted by molar-refractivity contribution is 0.302. The SMILES string of the molecule is CC(C)(C)CC(C)(C)Nc1n[nH]c(=S)s1. The van der Waals surface area contributed by atoms with Crippen molar-refractivity contribution in [1.29, 1.82) is 0 Å². The maximum atomic E-state index is 4.99. The Morgan fingerprint density at radius 1 is 1.33 bits per heavy atom.